The fourth-order valence-electron chi connectivity index (χ4n) is 5.68. The predicted octanol–water partition coefficient (Wildman–Crippen LogP) is 7.41. The van der Waals surface area contributed by atoms with Crippen LogP contribution in [-0.4, -0.2) is 86.1 Å². The Labute approximate surface area is 268 Å². The molecular weight excluding hydrogens is 677 g/mol. The van der Waals surface area contributed by atoms with Gasteiger partial charge in [0.2, 0.25) is 0 Å². The van der Waals surface area contributed by atoms with Crippen molar-refractivity contribution in [2.24, 2.45) is 0 Å². The third-order valence-corrected chi connectivity index (χ3v) is 12.2. The van der Waals surface area contributed by atoms with Crippen LogP contribution in [0.2, 0.25) is 51.4 Å². The molecule has 0 aliphatic carbocycles. The number of aromatic nitrogens is 3. The smallest absolute Gasteiger partial charge is 0.410 e. The quantitative estimate of drug-likeness (QED) is 0.0975. The van der Waals surface area contributed by atoms with E-state index in [-0.39, 0.29) is 24.1 Å². The van der Waals surface area contributed by atoms with E-state index in [1.54, 1.807) is 0 Å². The van der Waals surface area contributed by atoms with Crippen LogP contribution in [0.5, 0.6) is 0 Å². The SMILES string of the molecule is CC(C)(C)OC(=O)N1[C@@H]2CC[C@H]1CC(c1cc(N(COCC[Si](C)(C)C)COCC[Si](C)(C)C)n3ncc(I)c3n1)C2. The van der Waals surface area contributed by atoms with Gasteiger partial charge in [0, 0.05) is 59.1 Å². The van der Waals surface area contributed by atoms with Crippen molar-refractivity contribution in [3.8, 4) is 0 Å². The summed E-state index contributed by atoms with van der Waals surface area (Å²) in [5, 5.41) is 4.71. The van der Waals surface area contributed by atoms with Crippen LogP contribution in [0.4, 0.5) is 10.6 Å². The fraction of sp³-hybridized carbons (Fsp3) is 0.767. The second-order valence-electron chi connectivity index (χ2n) is 15.4. The first-order valence-corrected chi connectivity index (χ1v) is 24.0. The number of piperidine rings is 1. The highest BCUT2D eigenvalue weighted by Gasteiger charge is 2.45. The van der Waals surface area contributed by atoms with Gasteiger partial charge in [0.1, 0.15) is 24.9 Å². The van der Waals surface area contributed by atoms with Crippen molar-refractivity contribution in [3.63, 3.8) is 0 Å². The first-order chi connectivity index (χ1) is 19.5. The van der Waals surface area contributed by atoms with Gasteiger partial charge < -0.3 is 24.0 Å². The molecule has 3 atom stereocenters. The molecular formula is C30H52IN5O4Si2. The molecule has 0 N–H and O–H groups in total. The summed E-state index contributed by atoms with van der Waals surface area (Å²) < 4.78 is 21.2. The van der Waals surface area contributed by atoms with E-state index in [0.29, 0.717) is 13.5 Å². The molecule has 2 bridgehead atoms. The molecule has 2 fully saturated rings. The second kappa shape index (κ2) is 13.4. The Bertz CT molecular complexity index is 1190. The molecule has 2 aromatic heterocycles. The zero-order valence-electron chi connectivity index (χ0n) is 27.2. The Hall–Kier alpha value is -1.23. The molecule has 2 saturated heterocycles. The number of anilines is 1. The van der Waals surface area contributed by atoms with Gasteiger partial charge in [-0.3, -0.25) is 0 Å². The Morgan fingerprint density at radius 3 is 2.05 bits per heavy atom. The lowest BCUT2D eigenvalue weighted by Crippen LogP contribution is -2.48. The summed E-state index contributed by atoms with van der Waals surface area (Å²) in [4.78, 5) is 22.4. The minimum absolute atomic E-state index is 0.181. The van der Waals surface area contributed by atoms with Gasteiger partial charge in [0.15, 0.2) is 5.65 Å². The average Bonchev–Trinajstić information content (AvgIpc) is 3.36. The molecule has 42 heavy (non-hydrogen) atoms. The van der Waals surface area contributed by atoms with E-state index in [1.165, 1.54) is 0 Å². The molecule has 1 amide bonds. The first-order valence-electron chi connectivity index (χ1n) is 15.5. The van der Waals surface area contributed by atoms with Crippen molar-refractivity contribution in [1.82, 2.24) is 19.5 Å². The molecule has 2 aliphatic rings. The van der Waals surface area contributed by atoms with Gasteiger partial charge in [-0.25, -0.2) is 9.78 Å². The summed E-state index contributed by atoms with van der Waals surface area (Å²) in [6.07, 6.45) is 5.51. The third kappa shape index (κ3) is 9.15. The molecule has 12 heteroatoms. The second-order valence-corrected chi connectivity index (χ2v) is 27.8. The average molecular weight is 730 g/mol. The van der Waals surface area contributed by atoms with Crippen LogP contribution in [0.1, 0.15) is 58.1 Å². The van der Waals surface area contributed by atoms with E-state index in [9.17, 15) is 4.79 Å². The number of fused-ring (bicyclic) bond motifs is 3. The molecule has 1 unspecified atom stereocenters. The minimum atomic E-state index is -1.20. The van der Waals surface area contributed by atoms with E-state index >= 15 is 0 Å². The van der Waals surface area contributed by atoms with Crippen LogP contribution in [0.15, 0.2) is 12.3 Å². The Balaban J connectivity index is 1.58. The lowest BCUT2D eigenvalue weighted by molar-refractivity contribution is 0.00569. The number of halogens is 1. The van der Waals surface area contributed by atoms with Crippen LogP contribution in [0, 0.1) is 3.57 Å². The molecule has 0 saturated carbocycles. The number of ether oxygens (including phenoxy) is 3. The maximum atomic E-state index is 13.1. The highest BCUT2D eigenvalue weighted by molar-refractivity contribution is 14.1. The molecule has 0 radical (unpaired) electrons. The van der Waals surface area contributed by atoms with Crippen molar-refractivity contribution >= 4 is 56.3 Å². The summed E-state index contributed by atoms with van der Waals surface area (Å²) in [5.74, 6) is 1.21. The third-order valence-electron chi connectivity index (χ3n) is 8.00. The molecule has 4 rings (SSSR count). The predicted molar refractivity (Wildman–Crippen MR) is 183 cm³/mol. The standard InChI is InChI=1S/C30H52IN5O4Si2/c1-30(2,3)40-29(37)35-23-10-11-24(35)17-22(16-23)26-18-27(36-28(33-26)25(31)19-32-36)34(20-38-12-14-41(4,5)6)21-39-13-15-42(7,8)9/h18-19,22-24H,10-17,20-21H2,1-9H3/t22?,23-,24+. The van der Waals surface area contributed by atoms with Gasteiger partial charge in [-0.2, -0.15) is 9.61 Å². The number of hydrogen-bond donors (Lipinski definition) is 0. The van der Waals surface area contributed by atoms with Crippen molar-refractivity contribution in [2.45, 2.75) is 121 Å². The van der Waals surface area contributed by atoms with Crippen molar-refractivity contribution in [2.75, 3.05) is 31.6 Å². The monoisotopic (exact) mass is 729 g/mol. The van der Waals surface area contributed by atoms with E-state index in [4.69, 9.17) is 24.3 Å². The summed E-state index contributed by atoms with van der Waals surface area (Å²) >= 11 is 2.33. The van der Waals surface area contributed by atoms with Crippen LogP contribution >= 0.6 is 22.6 Å². The summed E-state index contributed by atoms with van der Waals surface area (Å²) in [7, 11) is -2.41. The van der Waals surface area contributed by atoms with E-state index in [2.05, 4.69) is 72.8 Å². The van der Waals surface area contributed by atoms with Gasteiger partial charge >= 0.3 is 6.09 Å². The van der Waals surface area contributed by atoms with Crippen molar-refractivity contribution < 1.29 is 19.0 Å². The highest BCUT2D eigenvalue weighted by atomic mass is 127. The van der Waals surface area contributed by atoms with Gasteiger partial charge in [-0.15, -0.1) is 0 Å². The van der Waals surface area contributed by atoms with Gasteiger partial charge in [-0.05, 0) is 81.1 Å². The largest absolute Gasteiger partial charge is 0.444 e. The fourth-order valence-corrected chi connectivity index (χ4v) is 7.67. The normalized spacial score (nSPS) is 21.3. The summed E-state index contributed by atoms with van der Waals surface area (Å²) in [5.41, 5.74) is 1.43. The zero-order valence-corrected chi connectivity index (χ0v) is 31.4. The van der Waals surface area contributed by atoms with Gasteiger partial charge in [0.25, 0.3) is 0 Å². The summed E-state index contributed by atoms with van der Waals surface area (Å²) in [6.45, 7) is 22.4. The molecule has 236 valence electrons. The Morgan fingerprint density at radius 1 is 1.00 bits per heavy atom. The highest BCUT2D eigenvalue weighted by Crippen LogP contribution is 2.44. The Morgan fingerprint density at radius 2 is 1.55 bits per heavy atom. The van der Waals surface area contributed by atoms with E-state index in [0.717, 1.165) is 71.7 Å². The van der Waals surface area contributed by atoms with Crippen LogP contribution in [-0.2, 0) is 14.2 Å². The molecule has 0 spiro atoms. The molecule has 9 nitrogen and oxygen atoms in total. The number of carbonyl (C=O) groups is 1. The Kier molecular flexibility index (Phi) is 10.7. The number of rotatable bonds is 12. The number of carbonyl (C=O) groups excluding carboxylic acids is 1. The molecule has 4 heterocycles. The topological polar surface area (TPSA) is 81.4 Å². The number of hydrogen-bond acceptors (Lipinski definition) is 7. The van der Waals surface area contributed by atoms with Gasteiger partial charge in [-0.1, -0.05) is 39.3 Å². The molecule has 2 aliphatic heterocycles. The maximum Gasteiger partial charge on any atom is 0.410 e. The summed E-state index contributed by atoms with van der Waals surface area (Å²) in [6, 6.07) is 4.78. The van der Waals surface area contributed by atoms with Crippen LogP contribution in [0.3, 0.4) is 0 Å². The lowest BCUT2D eigenvalue weighted by Gasteiger charge is -2.39. The first kappa shape index (κ1) is 33.7. The number of amides is 1. The molecule has 0 aromatic carbocycles. The van der Waals surface area contributed by atoms with Crippen LogP contribution in [0.25, 0.3) is 5.65 Å². The maximum absolute atomic E-state index is 13.1. The minimum Gasteiger partial charge on any atom is -0.444 e. The van der Waals surface area contributed by atoms with Crippen LogP contribution < -0.4 is 4.90 Å². The van der Waals surface area contributed by atoms with Crippen molar-refractivity contribution in [1.29, 1.82) is 0 Å². The lowest BCUT2D eigenvalue weighted by atomic mass is 9.88. The van der Waals surface area contributed by atoms with E-state index in [1.807, 2.05) is 36.4 Å². The zero-order chi connectivity index (χ0) is 30.9. The van der Waals surface area contributed by atoms with E-state index < -0.39 is 21.7 Å². The number of nitrogens with zero attached hydrogens (tertiary/aromatic N) is 5. The molecule has 2 aromatic rings. The van der Waals surface area contributed by atoms with Gasteiger partial charge in [0.05, 0.1) is 9.77 Å². The van der Waals surface area contributed by atoms with Crippen molar-refractivity contribution in [3.05, 3.63) is 21.5 Å².